The molecule has 1 aliphatic heterocycles. The van der Waals surface area contributed by atoms with Crippen molar-refractivity contribution < 1.29 is 4.79 Å². The highest BCUT2D eigenvalue weighted by molar-refractivity contribution is 5.91. The Bertz CT molecular complexity index is 624. The van der Waals surface area contributed by atoms with Crippen LogP contribution < -0.4 is 11.1 Å². The summed E-state index contributed by atoms with van der Waals surface area (Å²) >= 11 is 0. The summed E-state index contributed by atoms with van der Waals surface area (Å²) in [5, 5.41) is 3.39. The molecule has 3 rings (SSSR count). The van der Waals surface area contributed by atoms with Gasteiger partial charge in [-0.3, -0.25) is 4.79 Å². The summed E-state index contributed by atoms with van der Waals surface area (Å²) in [5.74, 6) is -0.0547. The van der Waals surface area contributed by atoms with Crippen molar-refractivity contribution in [3.05, 3.63) is 71.8 Å². The third kappa shape index (κ3) is 2.42. The maximum absolute atomic E-state index is 12.7. The molecule has 0 saturated carbocycles. The average molecular weight is 294 g/mol. The lowest BCUT2D eigenvalue weighted by Gasteiger charge is -2.38. The summed E-state index contributed by atoms with van der Waals surface area (Å²) in [6, 6.07) is 10.0. The summed E-state index contributed by atoms with van der Waals surface area (Å²) < 4.78 is 0. The fraction of sp³-hybridized carbons (Fsp3) is 0.316. The second-order valence-corrected chi connectivity index (χ2v) is 5.94. The second kappa shape index (κ2) is 6.32. The maximum Gasteiger partial charge on any atom is 0.232 e. The van der Waals surface area contributed by atoms with Gasteiger partial charge in [-0.25, -0.2) is 0 Å². The maximum atomic E-state index is 12.7. The fourth-order valence-electron chi connectivity index (χ4n) is 3.78. The lowest BCUT2D eigenvalue weighted by Crippen LogP contribution is -2.49. The minimum Gasteiger partial charge on any atom is -0.369 e. The summed E-state index contributed by atoms with van der Waals surface area (Å²) in [7, 11) is 0. The van der Waals surface area contributed by atoms with Crippen LogP contribution in [-0.2, 0) is 10.2 Å². The van der Waals surface area contributed by atoms with Gasteiger partial charge in [0.15, 0.2) is 0 Å². The Labute approximate surface area is 131 Å². The number of hydrogen-bond donors (Lipinski definition) is 2. The lowest BCUT2D eigenvalue weighted by molar-refractivity contribution is -0.123. The molecule has 1 aromatic carbocycles. The van der Waals surface area contributed by atoms with E-state index >= 15 is 0 Å². The zero-order valence-corrected chi connectivity index (χ0v) is 12.7. The van der Waals surface area contributed by atoms with Crippen LogP contribution in [0.5, 0.6) is 0 Å². The molecule has 3 heteroatoms. The molecule has 0 spiro atoms. The summed E-state index contributed by atoms with van der Waals surface area (Å²) in [6.45, 7) is 1.76. The largest absolute Gasteiger partial charge is 0.369 e. The van der Waals surface area contributed by atoms with Crippen LogP contribution in [0.2, 0.25) is 0 Å². The standard InChI is InChI=1S/C19H22N2O/c20-18(22)19(17-12-13-21-14-17,16-10-6-3-7-11-16)15-8-4-1-2-5-9-15/h1-8,10-11,17,21H,9,12-14H2,(H2,20,22)/t17-,19?/m1/s1. The number of primary amides is 1. The van der Waals surface area contributed by atoms with Crippen LogP contribution in [0.3, 0.4) is 0 Å². The molecule has 1 heterocycles. The second-order valence-electron chi connectivity index (χ2n) is 5.94. The van der Waals surface area contributed by atoms with Crippen molar-refractivity contribution in [3.8, 4) is 0 Å². The molecule has 1 aromatic rings. The first kappa shape index (κ1) is 14.8. The van der Waals surface area contributed by atoms with E-state index in [1.807, 2.05) is 48.6 Å². The van der Waals surface area contributed by atoms with Gasteiger partial charge in [-0.1, -0.05) is 60.7 Å². The van der Waals surface area contributed by atoms with Gasteiger partial charge in [0.05, 0.1) is 5.41 Å². The van der Waals surface area contributed by atoms with E-state index < -0.39 is 5.41 Å². The molecular formula is C19H22N2O. The molecule has 0 aromatic heterocycles. The van der Waals surface area contributed by atoms with Gasteiger partial charge in [-0.15, -0.1) is 0 Å². The SMILES string of the molecule is NC(=O)C(C1=CC=CC=CC1)(c1ccccc1)[C@@H]1CCNC1. The van der Waals surface area contributed by atoms with Crippen LogP contribution >= 0.6 is 0 Å². The average Bonchev–Trinajstić information content (AvgIpc) is 2.92. The van der Waals surface area contributed by atoms with Crippen molar-refractivity contribution in [2.24, 2.45) is 11.7 Å². The summed E-state index contributed by atoms with van der Waals surface area (Å²) in [4.78, 5) is 12.7. The first-order valence-electron chi connectivity index (χ1n) is 7.85. The van der Waals surface area contributed by atoms with E-state index in [1.54, 1.807) is 0 Å². The Morgan fingerprint density at radius 3 is 2.68 bits per heavy atom. The van der Waals surface area contributed by atoms with E-state index in [4.69, 9.17) is 5.73 Å². The molecule has 3 N–H and O–H groups in total. The Morgan fingerprint density at radius 2 is 2.00 bits per heavy atom. The molecule has 114 valence electrons. The number of carbonyl (C=O) groups excluding carboxylic acids is 1. The number of rotatable bonds is 4. The van der Waals surface area contributed by atoms with Gasteiger partial charge in [0.2, 0.25) is 5.91 Å². The lowest BCUT2D eigenvalue weighted by atomic mass is 9.63. The van der Waals surface area contributed by atoms with Crippen molar-refractivity contribution in [2.45, 2.75) is 18.3 Å². The normalized spacial score (nSPS) is 23.6. The Kier molecular flexibility index (Phi) is 4.25. The van der Waals surface area contributed by atoms with Crippen molar-refractivity contribution >= 4 is 5.91 Å². The van der Waals surface area contributed by atoms with Crippen molar-refractivity contribution in [1.29, 1.82) is 0 Å². The molecule has 1 aliphatic carbocycles. The molecule has 1 unspecified atom stereocenters. The molecule has 2 aliphatic rings. The van der Waals surface area contributed by atoms with Gasteiger partial charge < -0.3 is 11.1 Å². The number of allylic oxidation sites excluding steroid dienone is 5. The number of amides is 1. The van der Waals surface area contributed by atoms with Crippen LogP contribution in [0, 0.1) is 5.92 Å². The predicted molar refractivity (Wildman–Crippen MR) is 89.3 cm³/mol. The highest BCUT2D eigenvalue weighted by Crippen LogP contribution is 2.44. The molecule has 3 nitrogen and oxygen atoms in total. The van der Waals surface area contributed by atoms with Crippen LogP contribution in [0.25, 0.3) is 0 Å². The molecule has 2 atom stereocenters. The predicted octanol–water partition coefficient (Wildman–Crippen LogP) is 2.46. The van der Waals surface area contributed by atoms with Crippen LogP contribution in [0.4, 0.5) is 0 Å². The highest BCUT2D eigenvalue weighted by atomic mass is 16.1. The summed E-state index contributed by atoms with van der Waals surface area (Å²) in [6.07, 6.45) is 11.9. The smallest absolute Gasteiger partial charge is 0.232 e. The molecule has 1 saturated heterocycles. The highest BCUT2D eigenvalue weighted by Gasteiger charge is 2.48. The molecular weight excluding hydrogens is 272 g/mol. The van der Waals surface area contributed by atoms with Crippen LogP contribution in [0.1, 0.15) is 18.4 Å². The van der Waals surface area contributed by atoms with Gasteiger partial charge in [0.25, 0.3) is 0 Å². The molecule has 22 heavy (non-hydrogen) atoms. The monoisotopic (exact) mass is 294 g/mol. The van der Waals surface area contributed by atoms with Crippen molar-refractivity contribution in [2.75, 3.05) is 13.1 Å². The summed E-state index contributed by atoms with van der Waals surface area (Å²) in [5.41, 5.74) is 7.37. The third-order valence-corrected chi connectivity index (χ3v) is 4.79. The number of benzene rings is 1. The quantitative estimate of drug-likeness (QED) is 0.896. The number of nitrogens with two attached hydrogens (primary N) is 1. The third-order valence-electron chi connectivity index (χ3n) is 4.79. The molecule has 0 radical (unpaired) electrons. The van der Waals surface area contributed by atoms with E-state index in [9.17, 15) is 4.79 Å². The van der Waals surface area contributed by atoms with E-state index in [2.05, 4.69) is 17.5 Å². The zero-order valence-electron chi connectivity index (χ0n) is 12.7. The molecule has 0 bridgehead atoms. The first-order valence-corrected chi connectivity index (χ1v) is 7.85. The van der Waals surface area contributed by atoms with Gasteiger partial charge in [0.1, 0.15) is 0 Å². The van der Waals surface area contributed by atoms with Crippen LogP contribution in [0.15, 0.2) is 66.3 Å². The van der Waals surface area contributed by atoms with Crippen molar-refractivity contribution in [3.63, 3.8) is 0 Å². The fourth-order valence-corrected chi connectivity index (χ4v) is 3.78. The number of carbonyl (C=O) groups is 1. The van der Waals surface area contributed by atoms with E-state index in [-0.39, 0.29) is 11.8 Å². The zero-order chi connectivity index (χ0) is 15.4. The van der Waals surface area contributed by atoms with E-state index in [1.165, 1.54) is 0 Å². The Morgan fingerprint density at radius 1 is 1.18 bits per heavy atom. The van der Waals surface area contributed by atoms with E-state index in [0.717, 1.165) is 37.1 Å². The topological polar surface area (TPSA) is 55.1 Å². The minimum atomic E-state index is -0.732. The Balaban J connectivity index is 2.19. The Hall–Kier alpha value is -2.13. The minimum absolute atomic E-state index is 0.193. The number of hydrogen-bond acceptors (Lipinski definition) is 2. The molecule has 1 amide bonds. The van der Waals surface area contributed by atoms with Gasteiger partial charge in [0, 0.05) is 0 Å². The van der Waals surface area contributed by atoms with Gasteiger partial charge in [-0.05, 0) is 43.0 Å². The molecule has 1 fully saturated rings. The van der Waals surface area contributed by atoms with Gasteiger partial charge in [-0.2, -0.15) is 0 Å². The van der Waals surface area contributed by atoms with Crippen molar-refractivity contribution in [1.82, 2.24) is 5.32 Å². The number of nitrogens with one attached hydrogen (secondary N) is 1. The van der Waals surface area contributed by atoms with E-state index in [0.29, 0.717) is 0 Å². The first-order chi connectivity index (χ1) is 10.8. The van der Waals surface area contributed by atoms with Gasteiger partial charge >= 0.3 is 0 Å². The van der Waals surface area contributed by atoms with Crippen LogP contribution in [-0.4, -0.2) is 19.0 Å².